The van der Waals surface area contributed by atoms with Crippen molar-refractivity contribution in [2.24, 2.45) is 11.8 Å². The molecule has 1 spiro atoms. The Morgan fingerprint density at radius 2 is 1.74 bits per heavy atom. The second-order valence-corrected chi connectivity index (χ2v) is 13.6. The van der Waals surface area contributed by atoms with Gasteiger partial charge in [-0.05, 0) is 41.3 Å². The van der Waals surface area contributed by atoms with Crippen molar-refractivity contribution in [3.63, 3.8) is 0 Å². The highest BCUT2D eigenvalue weighted by molar-refractivity contribution is 9.09. The van der Waals surface area contributed by atoms with E-state index in [0.29, 0.717) is 31.6 Å². The van der Waals surface area contributed by atoms with Crippen molar-refractivity contribution in [3.05, 3.63) is 104 Å². The highest BCUT2D eigenvalue weighted by Gasteiger charge is 2.77. The standard InChI is InChI=1S/C37H40BrN3O5/c1-4-18-39(22-24-12-8-7-9-13-24)34(43)30-31-35(44)41(27(6-3)23-42)33(37(31)21-29(38)32(30)46-37)36(45)40(19-5-2)28-17-16-25-14-10-11-15-26(25)20-28/h4-5,7-17,20,27,29-33,42H,1-2,6,18-19,21-23H2,3H3/t27-,29?,30-,31-,32-,33?,37?/m0/s1. The quantitative estimate of drug-likeness (QED) is 0.212. The van der Waals surface area contributed by atoms with Gasteiger partial charge in [-0.3, -0.25) is 14.4 Å². The summed E-state index contributed by atoms with van der Waals surface area (Å²) in [6.07, 6.45) is 3.57. The molecule has 0 aliphatic carbocycles. The molecule has 3 saturated heterocycles. The molecule has 3 aliphatic heterocycles. The van der Waals surface area contributed by atoms with Crippen LogP contribution in [0.25, 0.3) is 10.8 Å². The van der Waals surface area contributed by atoms with E-state index in [1.165, 1.54) is 4.90 Å². The lowest BCUT2D eigenvalue weighted by Gasteiger charge is -2.39. The predicted molar refractivity (Wildman–Crippen MR) is 182 cm³/mol. The van der Waals surface area contributed by atoms with E-state index in [1.807, 2.05) is 79.7 Å². The van der Waals surface area contributed by atoms with Crippen LogP contribution in [0.2, 0.25) is 0 Å². The van der Waals surface area contributed by atoms with Crippen LogP contribution in [0.3, 0.4) is 0 Å². The molecule has 3 unspecified atom stereocenters. The molecule has 9 heteroatoms. The second-order valence-electron chi connectivity index (χ2n) is 12.4. The molecule has 3 fully saturated rings. The molecule has 3 aromatic rings. The highest BCUT2D eigenvalue weighted by Crippen LogP contribution is 2.61. The van der Waals surface area contributed by atoms with Crippen molar-refractivity contribution >= 4 is 50.1 Å². The number of halogens is 1. The van der Waals surface area contributed by atoms with E-state index in [2.05, 4.69) is 29.1 Å². The third-order valence-corrected chi connectivity index (χ3v) is 10.7. The first-order valence-corrected chi connectivity index (χ1v) is 16.8. The largest absolute Gasteiger partial charge is 0.394 e. The number of anilines is 1. The monoisotopic (exact) mass is 685 g/mol. The molecule has 1 N–H and O–H groups in total. The molecular formula is C37H40BrN3O5. The minimum atomic E-state index is -1.25. The van der Waals surface area contributed by atoms with Crippen molar-refractivity contribution in [2.45, 2.75) is 54.9 Å². The van der Waals surface area contributed by atoms with Gasteiger partial charge < -0.3 is 24.5 Å². The molecular weight excluding hydrogens is 646 g/mol. The average Bonchev–Trinajstić information content (AvgIpc) is 3.67. The van der Waals surface area contributed by atoms with Crippen molar-refractivity contribution in [1.82, 2.24) is 9.80 Å². The molecule has 0 saturated carbocycles. The van der Waals surface area contributed by atoms with E-state index in [-0.39, 0.29) is 35.7 Å². The Balaban J connectivity index is 1.42. The summed E-state index contributed by atoms with van der Waals surface area (Å²) in [5, 5.41) is 12.5. The van der Waals surface area contributed by atoms with Gasteiger partial charge in [-0.2, -0.15) is 0 Å². The summed E-state index contributed by atoms with van der Waals surface area (Å²) in [6.45, 7) is 10.2. The number of hydrogen-bond donors (Lipinski definition) is 1. The smallest absolute Gasteiger partial charge is 0.253 e. The zero-order valence-corrected chi connectivity index (χ0v) is 27.6. The number of fused-ring (bicyclic) bond motifs is 2. The summed E-state index contributed by atoms with van der Waals surface area (Å²) in [5.74, 6) is -2.54. The second kappa shape index (κ2) is 13.1. The molecule has 3 heterocycles. The maximum Gasteiger partial charge on any atom is 0.253 e. The Morgan fingerprint density at radius 3 is 2.41 bits per heavy atom. The number of amides is 3. The van der Waals surface area contributed by atoms with Gasteiger partial charge in [-0.1, -0.05) is 95.7 Å². The van der Waals surface area contributed by atoms with Crippen LogP contribution in [0.15, 0.2) is 98.1 Å². The molecule has 3 amide bonds. The number of rotatable bonds is 12. The van der Waals surface area contributed by atoms with Crippen LogP contribution in [0.5, 0.6) is 0 Å². The van der Waals surface area contributed by atoms with E-state index in [1.54, 1.807) is 22.0 Å². The summed E-state index contributed by atoms with van der Waals surface area (Å²) in [7, 11) is 0. The summed E-state index contributed by atoms with van der Waals surface area (Å²) in [4.78, 5) is 48.7. The van der Waals surface area contributed by atoms with Crippen LogP contribution < -0.4 is 4.90 Å². The Morgan fingerprint density at radius 1 is 1.04 bits per heavy atom. The van der Waals surface area contributed by atoms with Crippen LogP contribution in [-0.4, -0.2) is 80.9 Å². The lowest BCUT2D eigenvalue weighted by Crippen LogP contribution is -2.59. The molecule has 6 rings (SSSR count). The fraction of sp³-hybridized carbons (Fsp3) is 0.378. The number of alkyl halides is 1. The van der Waals surface area contributed by atoms with Crippen LogP contribution in [-0.2, 0) is 25.7 Å². The lowest BCUT2D eigenvalue weighted by molar-refractivity contribution is -0.147. The first-order chi connectivity index (χ1) is 22.3. The van der Waals surface area contributed by atoms with Gasteiger partial charge in [0.25, 0.3) is 5.91 Å². The molecule has 46 heavy (non-hydrogen) atoms. The minimum absolute atomic E-state index is 0.208. The molecule has 0 aromatic heterocycles. The van der Waals surface area contributed by atoms with Crippen LogP contribution in [0.4, 0.5) is 5.69 Å². The zero-order chi connectivity index (χ0) is 32.6. The SMILES string of the molecule is C=CCN(Cc1ccccc1)C(=O)[C@H]1[C@H]2C(=O)N([C@@H](CC)CO)C(C(=O)N(CC=C)c3ccc4ccccc4c3)C23CC(Br)[C@@H]1O3. The minimum Gasteiger partial charge on any atom is -0.394 e. The Bertz CT molecular complexity index is 1640. The Hall–Kier alpha value is -3.79. The van der Waals surface area contributed by atoms with Gasteiger partial charge in [-0.25, -0.2) is 0 Å². The number of carbonyl (C=O) groups excluding carboxylic acids is 3. The van der Waals surface area contributed by atoms with Gasteiger partial charge in [0.15, 0.2) is 0 Å². The van der Waals surface area contributed by atoms with E-state index in [9.17, 15) is 19.5 Å². The first-order valence-electron chi connectivity index (χ1n) is 15.9. The Kier molecular flexibility index (Phi) is 9.19. The van der Waals surface area contributed by atoms with E-state index >= 15 is 0 Å². The Labute approximate surface area is 278 Å². The molecule has 3 aliphatic rings. The number of aliphatic hydroxyl groups is 1. The number of benzene rings is 3. The van der Waals surface area contributed by atoms with E-state index in [0.717, 1.165) is 16.3 Å². The number of ether oxygens (including phenoxy) is 1. The number of likely N-dealkylation sites (tertiary alicyclic amines) is 1. The lowest BCUT2D eigenvalue weighted by atomic mass is 9.70. The summed E-state index contributed by atoms with van der Waals surface area (Å²) in [6, 6.07) is 21.8. The fourth-order valence-corrected chi connectivity index (χ4v) is 8.73. The normalized spacial score (nSPS) is 27.0. The summed E-state index contributed by atoms with van der Waals surface area (Å²) in [5.41, 5.74) is 0.378. The molecule has 0 radical (unpaired) electrons. The number of carbonyl (C=O) groups is 3. The van der Waals surface area contributed by atoms with Crippen LogP contribution >= 0.6 is 15.9 Å². The first kappa shape index (κ1) is 32.2. The van der Waals surface area contributed by atoms with Crippen LogP contribution in [0.1, 0.15) is 25.3 Å². The fourth-order valence-electron chi connectivity index (χ4n) is 7.78. The maximum absolute atomic E-state index is 14.9. The van der Waals surface area contributed by atoms with Gasteiger partial charge in [0, 0.05) is 30.1 Å². The summed E-state index contributed by atoms with van der Waals surface area (Å²) < 4.78 is 6.78. The molecule has 8 nitrogen and oxygen atoms in total. The van der Waals surface area contributed by atoms with Gasteiger partial charge in [-0.15, -0.1) is 13.2 Å². The number of nitrogens with zero attached hydrogens (tertiary/aromatic N) is 3. The van der Waals surface area contributed by atoms with Crippen molar-refractivity contribution in [1.29, 1.82) is 0 Å². The highest BCUT2D eigenvalue weighted by atomic mass is 79.9. The predicted octanol–water partition coefficient (Wildman–Crippen LogP) is 5.09. The van der Waals surface area contributed by atoms with Crippen molar-refractivity contribution < 1.29 is 24.2 Å². The molecule has 3 aromatic carbocycles. The third-order valence-electron chi connectivity index (χ3n) is 9.82. The third kappa shape index (κ3) is 5.28. The van der Waals surface area contributed by atoms with E-state index in [4.69, 9.17) is 4.74 Å². The van der Waals surface area contributed by atoms with Gasteiger partial charge >= 0.3 is 0 Å². The van der Waals surface area contributed by atoms with Crippen molar-refractivity contribution in [2.75, 3.05) is 24.6 Å². The average molecular weight is 687 g/mol. The van der Waals surface area contributed by atoms with Crippen LogP contribution in [0, 0.1) is 11.8 Å². The molecule has 240 valence electrons. The number of aliphatic hydroxyl groups excluding tert-OH is 1. The van der Waals surface area contributed by atoms with Crippen molar-refractivity contribution in [3.8, 4) is 0 Å². The van der Waals surface area contributed by atoms with Gasteiger partial charge in [0.1, 0.15) is 11.6 Å². The van der Waals surface area contributed by atoms with E-state index < -0.39 is 35.6 Å². The molecule has 7 atom stereocenters. The summed E-state index contributed by atoms with van der Waals surface area (Å²) >= 11 is 3.78. The molecule has 2 bridgehead atoms. The zero-order valence-electron chi connectivity index (χ0n) is 26.0. The van der Waals surface area contributed by atoms with Gasteiger partial charge in [0.05, 0.1) is 30.6 Å². The number of hydrogen-bond acceptors (Lipinski definition) is 5. The van der Waals surface area contributed by atoms with Gasteiger partial charge in [0.2, 0.25) is 11.8 Å². The maximum atomic E-state index is 14.9. The topological polar surface area (TPSA) is 90.4 Å².